The van der Waals surface area contributed by atoms with E-state index in [-0.39, 0.29) is 12.5 Å². The molecule has 2 aromatic carbocycles. The molecule has 1 aliphatic rings. The molecule has 0 unspecified atom stereocenters. The number of esters is 1. The number of aromatic nitrogens is 2. The zero-order chi connectivity index (χ0) is 22.8. The number of methoxy groups -OCH3 is 1. The predicted molar refractivity (Wildman–Crippen MR) is 123 cm³/mol. The predicted octanol–water partition coefficient (Wildman–Crippen LogP) is 4.21. The summed E-state index contributed by atoms with van der Waals surface area (Å²) in [5.74, 6) is -0.110. The van der Waals surface area contributed by atoms with Crippen molar-refractivity contribution in [3.05, 3.63) is 54.1 Å². The summed E-state index contributed by atoms with van der Waals surface area (Å²) in [6.07, 6.45) is 0.803. The third kappa shape index (κ3) is 3.83. The minimum absolute atomic E-state index is 0.210. The van der Waals surface area contributed by atoms with E-state index in [0.29, 0.717) is 24.2 Å². The highest BCUT2D eigenvalue weighted by molar-refractivity contribution is 6.08. The highest BCUT2D eigenvalue weighted by Crippen LogP contribution is 2.41. The second kappa shape index (κ2) is 9.02. The normalized spacial score (nSPS) is 18.2. The summed E-state index contributed by atoms with van der Waals surface area (Å²) in [7, 11) is 1.61. The first kappa shape index (κ1) is 21.9. The van der Waals surface area contributed by atoms with Crippen LogP contribution in [0.3, 0.4) is 0 Å². The number of anilines is 1. The van der Waals surface area contributed by atoms with Crippen LogP contribution in [0, 0.1) is 11.8 Å². The number of imidazole rings is 1. The monoisotopic (exact) mass is 435 g/mol. The summed E-state index contributed by atoms with van der Waals surface area (Å²) in [4.78, 5) is 33.3. The molecule has 2 heterocycles. The van der Waals surface area contributed by atoms with Gasteiger partial charge in [-0.15, -0.1) is 0 Å². The first-order valence-corrected chi connectivity index (χ1v) is 11.0. The third-order valence-corrected chi connectivity index (χ3v) is 5.87. The van der Waals surface area contributed by atoms with Gasteiger partial charge in [0.15, 0.2) is 5.92 Å². The Balaban J connectivity index is 1.94. The van der Waals surface area contributed by atoms with Crippen LogP contribution in [0.2, 0.25) is 0 Å². The summed E-state index contributed by atoms with van der Waals surface area (Å²) >= 11 is 0. The number of amides is 1. The molecule has 0 spiro atoms. The lowest BCUT2D eigenvalue weighted by molar-refractivity contribution is -0.153. The highest BCUT2D eigenvalue weighted by atomic mass is 16.5. The first-order chi connectivity index (χ1) is 15.5. The molecule has 1 aliphatic heterocycles. The molecule has 0 bridgehead atoms. The van der Waals surface area contributed by atoms with Crippen molar-refractivity contribution in [3.8, 4) is 5.75 Å². The Morgan fingerprint density at radius 2 is 1.84 bits per heavy atom. The van der Waals surface area contributed by atoms with E-state index in [0.717, 1.165) is 23.0 Å². The number of fused-ring (bicyclic) bond motifs is 3. The Morgan fingerprint density at radius 1 is 1.12 bits per heavy atom. The van der Waals surface area contributed by atoms with Crippen LogP contribution < -0.4 is 9.64 Å². The molecule has 4 rings (SSSR count). The molecule has 1 aromatic heterocycles. The van der Waals surface area contributed by atoms with Crippen molar-refractivity contribution in [1.29, 1.82) is 0 Å². The maximum Gasteiger partial charge on any atom is 0.321 e. The van der Waals surface area contributed by atoms with Gasteiger partial charge in [0, 0.05) is 6.54 Å². The molecule has 0 N–H and O–H groups in total. The fourth-order valence-electron chi connectivity index (χ4n) is 4.25. The van der Waals surface area contributed by atoms with Crippen molar-refractivity contribution >= 4 is 28.9 Å². The van der Waals surface area contributed by atoms with Crippen LogP contribution in [0.5, 0.6) is 5.75 Å². The summed E-state index contributed by atoms with van der Waals surface area (Å²) in [5.41, 5.74) is 2.48. The Bertz CT molecular complexity index is 1120. The second-order valence-corrected chi connectivity index (χ2v) is 8.39. The van der Waals surface area contributed by atoms with Crippen molar-refractivity contribution in [2.45, 2.75) is 33.2 Å². The Labute approximate surface area is 187 Å². The average molecular weight is 436 g/mol. The molecule has 32 heavy (non-hydrogen) atoms. The number of hydrogen-bond donors (Lipinski definition) is 0. The third-order valence-electron chi connectivity index (χ3n) is 5.87. The number of benzene rings is 2. The van der Waals surface area contributed by atoms with E-state index >= 15 is 0 Å². The van der Waals surface area contributed by atoms with Gasteiger partial charge < -0.3 is 14.0 Å². The maximum absolute atomic E-state index is 13.7. The average Bonchev–Trinajstić information content (AvgIpc) is 3.17. The van der Waals surface area contributed by atoms with Crippen molar-refractivity contribution in [2.75, 3.05) is 25.2 Å². The zero-order valence-corrected chi connectivity index (χ0v) is 18.9. The van der Waals surface area contributed by atoms with E-state index in [2.05, 4.69) is 13.8 Å². The second-order valence-electron chi connectivity index (χ2n) is 8.39. The molecular weight excluding hydrogens is 406 g/mol. The van der Waals surface area contributed by atoms with Crippen LogP contribution in [0.1, 0.15) is 38.8 Å². The molecular formula is C25H29N3O4. The minimum atomic E-state index is -0.999. The van der Waals surface area contributed by atoms with Gasteiger partial charge in [-0.2, -0.15) is 0 Å². The molecule has 168 valence electrons. The van der Waals surface area contributed by atoms with Crippen LogP contribution in [0.15, 0.2) is 48.5 Å². The standard InChI is InChI=1S/C25H29N3O4/c1-5-32-24(30)21-22(17-10-12-18(31-4)13-11-17)28-20-9-7-6-8-19(20)26-25(28)27(23(21)29)15-14-16(2)3/h6-13,16,21-22H,5,14-15H2,1-4H3/t21-,22+/m0/s1. The molecule has 0 fully saturated rings. The number of carbonyl (C=O) groups excluding carboxylic acids is 2. The molecule has 0 radical (unpaired) electrons. The summed E-state index contributed by atoms with van der Waals surface area (Å²) in [6.45, 7) is 6.68. The van der Waals surface area contributed by atoms with Crippen LogP contribution in [0.25, 0.3) is 11.0 Å². The lowest BCUT2D eigenvalue weighted by atomic mass is 9.89. The molecule has 7 nitrogen and oxygen atoms in total. The molecule has 0 saturated heterocycles. The van der Waals surface area contributed by atoms with E-state index in [1.165, 1.54) is 0 Å². The van der Waals surface area contributed by atoms with Gasteiger partial charge in [0.25, 0.3) is 0 Å². The number of ether oxygens (including phenoxy) is 2. The van der Waals surface area contributed by atoms with Gasteiger partial charge in [-0.3, -0.25) is 14.5 Å². The van der Waals surface area contributed by atoms with Gasteiger partial charge in [-0.25, -0.2) is 4.98 Å². The van der Waals surface area contributed by atoms with E-state index in [1.54, 1.807) is 18.9 Å². The van der Waals surface area contributed by atoms with E-state index < -0.39 is 17.9 Å². The van der Waals surface area contributed by atoms with Crippen LogP contribution in [-0.4, -0.2) is 41.7 Å². The molecule has 0 aliphatic carbocycles. The Kier molecular flexibility index (Phi) is 6.17. The van der Waals surface area contributed by atoms with Crippen LogP contribution >= 0.6 is 0 Å². The number of hydrogen-bond acceptors (Lipinski definition) is 5. The minimum Gasteiger partial charge on any atom is -0.497 e. The molecule has 2 atom stereocenters. The molecule has 1 amide bonds. The van der Waals surface area contributed by atoms with Gasteiger partial charge in [-0.05, 0) is 49.1 Å². The molecule has 3 aromatic rings. The lowest BCUT2D eigenvalue weighted by Crippen LogP contribution is -2.50. The first-order valence-electron chi connectivity index (χ1n) is 11.0. The van der Waals surface area contributed by atoms with Crippen LogP contribution in [-0.2, 0) is 14.3 Å². The maximum atomic E-state index is 13.7. The smallest absolute Gasteiger partial charge is 0.321 e. The quantitative estimate of drug-likeness (QED) is 0.411. The summed E-state index contributed by atoms with van der Waals surface area (Å²) < 4.78 is 12.7. The van der Waals surface area contributed by atoms with Gasteiger partial charge in [-0.1, -0.05) is 38.1 Å². The zero-order valence-electron chi connectivity index (χ0n) is 18.9. The highest BCUT2D eigenvalue weighted by Gasteiger charge is 2.47. The number of para-hydroxylation sites is 2. The topological polar surface area (TPSA) is 73.7 Å². The molecule has 7 heteroatoms. The Morgan fingerprint density at radius 3 is 2.50 bits per heavy atom. The van der Waals surface area contributed by atoms with E-state index in [4.69, 9.17) is 14.5 Å². The van der Waals surface area contributed by atoms with Crippen LogP contribution in [0.4, 0.5) is 5.95 Å². The van der Waals surface area contributed by atoms with Crippen molar-refractivity contribution in [2.24, 2.45) is 11.8 Å². The van der Waals surface area contributed by atoms with Gasteiger partial charge >= 0.3 is 5.97 Å². The summed E-state index contributed by atoms with van der Waals surface area (Å²) in [6, 6.07) is 14.7. The number of carbonyl (C=O) groups is 2. The Hall–Kier alpha value is -3.35. The van der Waals surface area contributed by atoms with Crippen molar-refractivity contribution < 1.29 is 19.1 Å². The largest absolute Gasteiger partial charge is 0.497 e. The van der Waals surface area contributed by atoms with Crippen molar-refractivity contribution in [1.82, 2.24) is 9.55 Å². The fraction of sp³-hybridized carbons (Fsp3) is 0.400. The van der Waals surface area contributed by atoms with Gasteiger partial charge in [0.1, 0.15) is 5.75 Å². The SMILES string of the molecule is CCOC(=O)[C@@H]1C(=O)N(CCC(C)C)c2nc3ccccc3n2[C@@H]1c1ccc(OC)cc1. The van der Waals surface area contributed by atoms with Crippen molar-refractivity contribution in [3.63, 3.8) is 0 Å². The summed E-state index contributed by atoms with van der Waals surface area (Å²) in [5, 5.41) is 0. The lowest BCUT2D eigenvalue weighted by Gasteiger charge is -2.38. The number of nitrogens with zero attached hydrogens (tertiary/aromatic N) is 3. The fourth-order valence-corrected chi connectivity index (χ4v) is 4.25. The molecule has 0 saturated carbocycles. The van der Waals surface area contributed by atoms with E-state index in [9.17, 15) is 9.59 Å². The van der Waals surface area contributed by atoms with Gasteiger partial charge in [0.05, 0.1) is 30.8 Å². The van der Waals surface area contributed by atoms with E-state index in [1.807, 2.05) is 53.1 Å². The number of rotatable bonds is 7. The van der Waals surface area contributed by atoms with Gasteiger partial charge in [0.2, 0.25) is 11.9 Å².